The highest BCUT2D eigenvalue weighted by atomic mass is 19.2. The molecule has 0 bridgehead atoms. The van der Waals surface area contributed by atoms with Crippen LogP contribution in [0.4, 0.5) is 8.78 Å². The van der Waals surface area contributed by atoms with Crippen molar-refractivity contribution >= 4 is 0 Å². The first-order valence-electron chi connectivity index (χ1n) is 7.44. The molecule has 0 amide bonds. The molecule has 3 unspecified atom stereocenters. The molecule has 1 aliphatic carbocycles. The minimum atomic E-state index is -0.771. The first-order chi connectivity index (χ1) is 10.2. The molecule has 2 aromatic rings. The molecule has 0 aromatic heterocycles. The van der Waals surface area contributed by atoms with Gasteiger partial charge in [0.1, 0.15) is 0 Å². The fraction of sp³-hybridized carbons (Fsp3) is 0.333. The standard InChI is InChI=1S/C18H19F2N/c1-2-21-18(13-9-6-10-16(19)17(13)20)15-11-14(15)12-7-4-3-5-8-12/h3-10,14-15,18,21H,2,11H2,1H3. The maximum atomic E-state index is 14.1. The summed E-state index contributed by atoms with van der Waals surface area (Å²) in [6, 6.07) is 14.6. The number of hydrogen-bond donors (Lipinski definition) is 1. The third-order valence-electron chi connectivity index (χ3n) is 4.24. The van der Waals surface area contributed by atoms with E-state index in [4.69, 9.17) is 0 Å². The van der Waals surface area contributed by atoms with Gasteiger partial charge < -0.3 is 5.32 Å². The maximum absolute atomic E-state index is 14.1. The van der Waals surface area contributed by atoms with E-state index in [0.29, 0.717) is 17.4 Å². The molecule has 0 radical (unpaired) electrons. The monoisotopic (exact) mass is 287 g/mol. The van der Waals surface area contributed by atoms with Gasteiger partial charge in [0.25, 0.3) is 0 Å². The Labute approximate surface area is 124 Å². The largest absolute Gasteiger partial charge is 0.310 e. The van der Waals surface area contributed by atoms with Crippen molar-refractivity contribution in [2.24, 2.45) is 5.92 Å². The van der Waals surface area contributed by atoms with Gasteiger partial charge in [-0.05, 0) is 36.4 Å². The van der Waals surface area contributed by atoms with Gasteiger partial charge in [-0.2, -0.15) is 0 Å². The summed E-state index contributed by atoms with van der Waals surface area (Å²) < 4.78 is 27.6. The predicted octanol–water partition coefficient (Wildman–Crippen LogP) is 4.42. The van der Waals surface area contributed by atoms with Gasteiger partial charge in [-0.25, -0.2) is 8.78 Å². The lowest BCUT2D eigenvalue weighted by Gasteiger charge is -2.19. The normalized spacial score (nSPS) is 22.0. The lowest BCUT2D eigenvalue weighted by molar-refractivity contribution is 0.437. The summed E-state index contributed by atoms with van der Waals surface area (Å²) in [5, 5.41) is 3.32. The SMILES string of the molecule is CCNC(c1cccc(F)c1F)C1CC1c1ccccc1. The van der Waals surface area contributed by atoms with Crippen LogP contribution in [0.15, 0.2) is 48.5 Å². The summed E-state index contributed by atoms with van der Waals surface area (Å²) in [5.74, 6) is -0.740. The van der Waals surface area contributed by atoms with Crippen LogP contribution in [0.2, 0.25) is 0 Å². The summed E-state index contributed by atoms with van der Waals surface area (Å²) in [4.78, 5) is 0. The minimum absolute atomic E-state index is 0.129. The van der Waals surface area contributed by atoms with E-state index in [1.54, 1.807) is 12.1 Å². The molecule has 110 valence electrons. The first kappa shape index (κ1) is 14.2. The molecule has 2 aromatic carbocycles. The zero-order chi connectivity index (χ0) is 14.8. The zero-order valence-electron chi connectivity index (χ0n) is 12.0. The summed E-state index contributed by atoms with van der Waals surface area (Å²) in [7, 11) is 0. The molecule has 1 aliphatic rings. The summed E-state index contributed by atoms with van der Waals surface area (Å²) in [6.07, 6.45) is 1.01. The van der Waals surface area contributed by atoms with E-state index in [9.17, 15) is 8.78 Å². The van der Waals surface area contributed by atoms with Crippen LogP contribution in [0, 0.1) is 17.6 Å². The van der Waals surface area contributed by atoms with Crippen LogP contribution in [0.25, 0.3) is 0 Å². The van der Waals surface area contributed by atoms with Gasteiger partial charge >= 0.3 is 0 Å². The van der Waals surface area contributed by atoms with Crippen molar-refractivity contribution in [2.45, 2.75) is 25.3 Å². The molecule has 1 fully saturated rings. The fourth-order valence-electron chi connectivity index (χ4n) is 3.14. The van der Waals surface area contributed by atoms with E-state index in [0.717, 1.165) is 13.0 Å². The molecule has 0 spiro atoms. The Morgan fingerprint density at radius 3 is 2.57 bits per heavy atom. The van der Waals surface area contributed by atoms with Gasteiger partial charge in [-0.15, -0.1) is 0 Å². The van der Waals surface area contributed by atoms with Gasteiger partial charge in [0.15, 0.2) is 11.6 Å². The summed E-state index contributed by atoms with van der Waals surface area (Å²) in [6.45, 7) is 2.72. The molecule has 3 heteroatoms. The Balaban J connectivity index is 1.85. The maximum Gasteiger partial charge on any atom is 0.163 e. The van der Waals surface area contributed by atoms with E-state index >= 15 is 0 Å². The van der Waals surface area contributed by atoms with E-state index in [2.05, 4.69) is 17.4 Å². The predicted molar refractivity (Wildman–Crippen MR) is 80.1 cm³/mol. The molecule has 0 saturated heterocycles. The van der Waals surface area contributed by atoms with Crippen molar-refractivity contribution in [3.8, 4) is 0 Å². The second-order valence-electron chi connectivity index (χ2n) is 5.60. The molecular formula is C18H19F2N. The fourth-order valence-corrected chi connectivity index (χ4v) is 3.14. The van der Waals surface area contributed by atoms with Crippen molar-refractivity contribution in [2.75, 3.05) is 6.54 Å². The van der Waals surface area contributed by atoms with Crippen LogP contribution >= 0.6 is 0 Å². The average Bonchev–Trinajstić information content (AvgIpc) is 3.29. The van der Waals surface area contributed by atoms with Crippen molar-refractivity contribution in [3.63, 3.8) is 0 Å². The second-order valence-corrected chi connectivity index (χ2v) is 5.60. The molecule has 0 heterocycles. The smallest absolute Gasteiger partial charge is 0.163 e. The number of hydrogen-bond acceptors (Lipinski definition) is 1. The van der Waals surface area contributed by atoms with Crippen molar-refractivity contribution in [1.82, 2.24) is 5.32 Å². The lowest BCUT2D eigenvalue weighted by atomic mass is 9.98. The summed E-state index contributed by atoms with van der Waals surface area (Å²) in [5.41, 5.74) is 1.72. The summed E-state index contributed by atoms with van der Waals surface area (Å²) >= 11 is 0. The van der Waals surface area contributed by atoms with Crippen LogP contribution in [0.1, 0.15) is 36.4 Å². The molecule has 0 aliphatic heterocycles. The Morgan fingerprint density at radius 1 is 1.10 bits per heavy atom. The highest BCUT2D eigenvalue weighted by Gasteiger charge is 2.44. The zero-order valence-corrected chi connectivity index (χ0v) is 12.0. The Bertz CT molecular complexity index is 612. The quantitative estimate of drug-likeness (QED) is 0.858. The third-order valence-corrected chi connectivity index (χ3v) is 4.24. The number of rotatable bonds is 5. The molecule has 1 N–H and O–H groups in total. The Kier molecular flexibility index (Phi) is 4.02. The van der Waals surface area contributed by atoms with Crippen LogP contribution in [-0.2, 0) is 0 Å². The van der Waals surface area contributed by atoms with Gasteiger partial charge in [0, 0.05) is 11.6 Å². The molecule has 21 heavy (non-hydrogen) atoms. The van der Waals surface area contributed by atoms with Crippen molar-refractivity contribution < 1.29 is 8.78 Å². The number of halogens is 2. The van der Waals surface area contributed by atoms with Crippen molar-refractivity contribution in [1.29, 1.82) is 0 Å². The van der Waals surface area contributed by atoms with Gasteiger partial charge in [-0.1, -0.05) is 49.4 Å². The Hall–Kier alpha value is -1.74. The molecule has 1 nitrogen and oxygen atoms in total. The van der Waals surface area contributed by atoms with Crippen LogP contribution < -0.4 is 5.32 Å². The van der Waals surface area contributed by atoms with Gasteiger partial charge in [-0.3, -0.25) is 0 Å². The van der Waals surface area contributed by atoms with E-state index in [-0.39, 0.29) is 6.04 Å². The van der Waals surface area contributed by atoms with Gasteiger partial charge in [0.05, 0.1) is 0 Å². The molecule has 1 saturated carbocycles. The highest BCUT2D eigenvalue weighted by Crippen LogP contribution is 2.54. The molecule has 3 rings (SSSR count). The highest BCUT2D eigenvalue weighted by molar-refractivity contribution is 5.31. The number of benzene rings is 2. The number of nitrogens with one attached hydrogen (secondary N) is 1. The van der Waals surface area contributed by atoms with E-state index in [1.165, 1.54) is 11.6 Å². The van der Waals surface area contributed by atoms with Crippen LogP contribution in [-0.4, -0.2) is 6.54 Å². The van der Waals surface area contributed by atoms with Gasteiger partial charge in [0.2, 0.25) is 0 Å². The Morgan fingerprint density at radius 2 is 1.86 bits per heavy atom. The van der Waals surface area contributed by atoms with Crippen LogP contribution in [0.5, 0.6) is 0 Å². The van der Waals surface area contributed by atoms with E-state index in [1.807, 2.05) is 25.1 Å². The van der Waals surface area contributed by atoms with Crippen molar-refractivity contribution in [3.05, 3.63) is 71.3 Å². The first-order valence-corrected chi connectivity index (χ1v) is 7.44. The lowest BCUT2D eigenvalue weighted by Crippen LogP contribution is -2.24. The second kappa shape index (κ2) is 5.94. The average molecular weight is 287 g/mol. The van der Waals surface area contributed by atoms with Crippen LogP contribution in [0.3, 0.4) is 0 Å². The van der Waals surface area contributed by atoms with E-state index < -0.39 is 11.6 Å². The molecular weight excluding hydrogens is 268 g/mol. The third kappa shape index (κ3) is 2.84. The molecule has 3 atom stereocenters. The topological polar surface area (TPSA) is 12.0 Å². The minimum Gasteiger partial charge on any atom is -0.310 e.